The van der Waals surface area contributed by atoms with Gasteiger partial charge in [-0.25, -0.2) is 14.6 Å². The van der Waals surface area contributed by atoms with Crippen LogP contribution in [0.15, 0.2) is 23.1 Å². The summed E-state index contributed by atoms with van der Waals surface area (Å²) in [4.78, 5) is 39.9. The summed E-state index contributed by atoms with van der Waals surface area (Å²) < 4.78 is 10.7. The average Bonchev–Trinajstić information content (AvgIpc) is 2.47. The molecule has 0 aliphatic heterocycles. The monoisotopic (exact) mass is 304 g/mol. The van der Waals surface area contributed by atoms with Gasteiger partial charge in [0, 0.05) is 18.4 Å². The summed E-state index contributed by atoms with van der Waals surface area (Å²) in [6.07, 6.45) is 0.218. The molecule has 0 unspecified atom stereocenters. The Labute approximate surface area is 126 Å². The van der Waals surface area contributed by atoms with Crippen LogP contribution in [0.4, 0.5) is 4.79 Å². The van der Waals surface area contributed by atoms with Crippen LogP contribution < -0.4 is 5.43 Å². The fraction of sp³-hybridized carbons (Fsp3) is 0.333. The third-order valence-electron chi connectivity index (χ3n) is 3.06. The molecule has 0 saturated carbocycles. The summed E-state index contributed by atoms with van der Waals surface area (Å²) in [5.74, 6) is -1.03. The quantitative estimate of drug-likeness (QED) is 0.637. The van der Waals surface area contributed by atoms with Gasteiger partial charge in [0.2, 0.25) is 5.43 Å². The summed E-state index contributed by atoms with van der Waals surface area (Å²) in [5, 5.41) is 0.297. The van der Waals surface area contributed by atoms with E-state index in [1.54, 1.807) is 23.6 Å². The van der Waals surface area contributed by atoms with Gasteiger partial charge in [0.05, 0.1) is 12.0 Å². The SMILES string of the molecule is CCOC(=O)OC(=O)c1cn(CC)c2nc(C)ccc2c1=O. The normalized spacial score (nSPS) is 10.5. The molecule has 0 saturated heterocycles. The van der Waals surface area contributed by atoms with Crippen molar-refractivity contribution in [2.24, 2.45) is 0 Å². The topological polar surface area (TPSA) is 87.5 Å². The first-order chi connectivity index (χ1) is 10.5. The van der Waals surface area contributed by atoms with Gasteiger partial charge in [-0.15, -0.1) is 0 Å². The Balaban J connectivity index is 2.53. The van der Waals surface area contributed by atoms with Crippen LogP contribution in [0.25, 0.3) is 11.0 Å². The molecule has 2 rings (SSSR count). The fourth-order valence-electron chi connectivity index (χ4n) is 2.02. The van der Waals surface area contributed by atoms with E-state index in [9.17, 15) is 14.4 Å². The zero-order chi connectivity index (χ0) is 16.3. The van der Waals surface area contributed by atoms with Gasteiger partial charge in [-0.3, -0.25) is 4.79 Å². The van der Waals surface area contributed by atoms with E-state index in [1.807, 2.05) is 13.8 Å². The minimum atomic E-state index is -1.13. The lowest BCUT2D eigenvalue weighted by atomic mass is 10.2. The first-order valence-electron chi connectivity index (χ1n) is 6.87. The molecule has 0 aromatic carbocycles. The van der Waals surface area contributed by atoms with Crippen LogP contribution in [0.2, 0.25) is 0 Å². The Morgan fingerprint density at radius 3 is 2.64 bits per heavy atom. The highest BCUT2D eigenvalue weighted by Gasteiger charge is 2.20. The summed E-state index contributed by atoms with van der Waals surface area (Å²) in [6, 6.07) is 3.29. The van der Waals surface area contributed by atoms with Crippen molar-refractivity contribution in [3.05, 3.63) is 39.8 Å². The fourth-order valence-corrected chi connectivity index (χ4v) is 2.02. The Bertz CT molecular complexity index is 794. The van der Waals surface area contributed by atoms with Gasteiger partial charge in [-0.1, -0.05) is 0 Å². The molecule has 0 radical (unpaired) electrons. The van der Waals surface area contributed by atoms with Crippen molar-refractivity contribution in [2.45, 2.75) is 27.3 Å². The molecule has 0 N–H and O–H groups in total. The highest BCUT2D eigenvalue weighted by atomic mass is 16.7. The molecule has 0 amide bonds. The number of hydrogen-bond donors (Lipinski definition) is 0. The van der Waals surface area contributed by atoms with Crippen molar-refractivity contribution >= 4 is 23.2 Å². The van der Waals surface area contributed by atoms with Crippen molar-refractivity contribution < 1.29 is 19.1 Å². The standard InChI is InChI=1S/C15H16N2O5/c1-4-17-8-11(14(19)22-15(20)21-5-2)12(18)10-7-6-9(3)16-13(10)17/h6-8H,4-5H2,1-3H3. The smallest absolute Gasteiger partial charge is 0.434 e. The van der Waals surface area contributed by atoms with Gasteiger partial charge in [0.1, 0.15) is 11.2 Å². The number of rotatable bonds is 3. The highest BCUT2D eigenvalue weighted by molar-refractivity contribution is 5.97. The minimum absolute atomic E-state index is 0.0756. The van der Waals surface area contributed by atoms with Gasteiger partial charge in [-0.2, -0.15) is 0 Å². The van der Waals surface area contributed by atoms with E-state index in [0.717, 1.165) is 5.69 Å². The van der Waals surface area contributed by atoms with E-state index in [2.05, 4.69) is 14.5 Å². The second kappa shape index (κ2) is 6.38. The van der Waals surface area contributed by atoms with E-state index in [4.69, 9.17) is 0 Å². The van der Waals surface area contributed by atoms with Gasteiger partial charge >= 0.3 is 12.1 Å². The first kappa shape index (κ1) is 15.7. The van der Waals surface area contributed by atoms with Crippen LogP contribution in [-0.2, 0) is 16.0 Å². The Kier molecular flexibility index (Phi) is 4.55. The summed E-state index contributed by atoms with van der Waals surface area (Å²) in [6.45, 7) is 5.83. The second-order valence-corrected chi connectivity index (χ2v) is 4.55. The lowest BCUT2D eigenvalue weighted by Crippen LogP contribution is -2.23. The number of fused-ring (bicyclic) bond motifs is 1. The largest absolute Gasteiger partial charge is 0.516 e. The molecule has 0 bridgehead atoms. The third kappa shape index (κ3) is 2.98. The molecule has 2 aromatic rings. The zero-order valence-electron chi connectivity index (χ0n) is 12.6. The number of hydrogen-bond acceptors (Lipinski definition) is 6. The Morgan fingerprint density at radius 2 is 2.00 bits per heavy atom. The van der Waals surface area contributed by atoms with Crippen LogP contribution in [-0.4, -0.2) is 28.3 Å². The summed E-state index contributed by atoms with van der Waals surface area (Å²) >= 11 is 0. The van der Waals surface area contributed by atoms with Gasteiger partial charge in [0.15, 0.2) is 0 Å². The van der Waals surface area contributed by atoms with Crippen molar-refractivity contribution in [3.63, 3.8) is 0 Å². The number of aromatic nitrogens is 2. The molecule has 0 atom stereocenters. The van der Waals surface area contributed by atoms with Gasteiger partial charge in [0.25, 0.3) is 0 Å². The van der Waals surface area contributed by atoms with E-state index >= 15 is 0 Å². The predicted molar refractivity (Wildman–Crippen MR) is 78.9 cm³/mol. The average molecular weight is 304 g/mol. The van der Waals surface area contributed by atoms with Crippen LogP contribution in [0.1, 0.15) is 29.9 Å². The number of carbonyl (C=O) groups excluding carboxylic acids is 2. The van der Waals surface area contributed by atoms with E-state index in [-0.39, 0.29) is 12.2 Å². The summed E-state index contributed by atoms with van der Waals surface area (Å²) in [5.41, 5.74) is 0.491. The summed E-state index contributed by atoms with van der Waals surface area (Å²) in [7, 11) is 0. The third-order valence-corrected chi connectivity index (χ3v) is 3.06. The van der Waals surface area contributed by atoms with Crippen LogP contribution in [0.5, 0.6) is 0 Å². The van der Waals surface area contributed by atoms with E-state index in [1.165, 1.54) is 6.20 Å². The maximum Gasteiger partial charge on any atom is 0.516 e. The molecule has 2 aromatic heterocycles. The van der Waals surface area contributed by atoms with Crippen molar-refractivity contribution in [1.82, 2.24) is 9.55 Å². The van der Waals surface area contributed by atoms with Crippen LogP contribution in [0, 0.1) is 6.92 Å². The number of pyridine rings is 2. The lowest BCUT2D eigenvalue weighted by molar-refractivity contribution is 0.0400. The Morgan fingerprint density at radius 1 is 1.27 bits per heavy atom. The molecule has 116 valence electrons. The van der Waals surface area contributed by atoms with Crippen molar-refractivity contribution in [2.75, 3.05) is 6.61 Å². The molecule has 7 nitrogen and oxygen atoms in total. The molecular formula is C15H16N2O5. The molecule has 22 heavy (non-hydrogen) atoms. The number of nitrogens with zero attached hydrogens (tertiary/aromatic N) is 2. The molecular weight excluding hydrogens is 288 g/mol. The minimum Gasteiger partial charge on any atom is -0.434 e. The van der Waals surface area contributed by atoms with Crippen molar-refractivity contribution in [3.8, 4) is 0 Å². The predicted octanol–water partition coefficient (Wildman–Crippen LogP) is 2.04. The zero-order valence-corrected chi connectivity index (χ0v) is 12.6. The van der Waals surface area contributed by atoms with Crippen molar-refractivity contribution in [1.29, 1.82) is 0 Å². The maximum atomic E-state index is 12.4. The van der Waals surface area contributed by atoms with Gasteiger partial charge < -0.3 is 14.0 Å². The number of esters is 1. The van der Waals surface area contributed by atoms with E-state index in [0.29, 0.717) is 17.6 Å². The second-order valence-electron chi connectivity index (χ2n) is 4.55. The number of ether oxygens (including phenoxy) is 2. The number of carbonyl (C=O) groups is 2. The molecule has 2 heterocycles. The lowest BCUT2D eigenvalue weighted by Gasteiger charge is -2.10. The maximum absolute atomic E-state index is 12.4. The molecule has 0 spiro atoms. The Hall–Kier alpha value is -2.70. The molecule has 0 aliphatic carbocycles. The molecule has 7 heteroatoms. The van der Waals surface area contributed by atoms with Gasteiger partial charge in [-0.05, 0) is 32.9 Å². The number of aryl methyl sites for hydroxylation is 2. The molecule has 0 aliphatic rings. The first-order valence-corrected chi connectivity index (χ1v) is 6.87. The van der Waals surface area contributed by atoms with E-state index < -0.39 is 17.6 Å². The van der Waals surface area contributed by atoms with Crippen LogP contribution in [0.3, 0.4) is 0 Å². The highest BCUT2D eigenvalue weighted by Crippen LogP contribution is 2.11. The molecule has 0 fully saturated rings. The van der Waals surface area contributed by atoms with Crippen LogP contribution >= 0.6 is 0 Å².